The van der Waals surface area contributed by atoms with Crippen molar-refractivity contribution in [2.24, 2.45) is 0 Å². The number of pyridine rings is 1. The molecule has 0 saturated carbocycles. The molecule has 0 saturated heterocycles. The van der Waals surface area contributed by atoms with Crippen LogP contribution in [0.25, 0.3) is 22.0 Å². The number of hydrogen-bond acceptors (Lipinski definition) is 1. The second kappa shape index (κ2) is 6.09. The molecule has 2 heteroatoms. The van der Waals surface area contributed by atoms with Gasteiger partial charge in [0.1, 0.15) is 0 Å². The fraction of sp³-hybridized carbons (Fsp3) is 0.211. The molecule has 0 N–H and O–H groups in total. The molecule has 0 amide bonds. The number of rotatable bonds is 1. The maximum Gasteiger partial charge on any atom is 0.0239 e. The molecule has 0 aliphatic rings. The molecule has 0 spiro atoms. The van der Waals surface area contributed by atoms with E-state index >= 15 is 0 Å². The summed E-state index contributed by atoms with van der Waals surface area (Å²) in [6.07, 6.45) is 1.93. The summed E-state index contributed by atoms with van der Waals surface area (Å²) in [7, 11) is 0. The fourth-order valence-electron chi connectivity index (χ4n) is 2.28. The van der Waals surface area contributed by atoms with Gasteiger partial charge in [-0.1, -0.05) is 51.1 Å². The van der Waals surface area contributed by atoms with Crippen molar-refractivity contribution in [1.29, 1.82) is 0 Å². The molecule has 0 aliphatic heterocycles. The Balaban J connectivity index is 0.00000161. The Morgan fingerprint density at radius 1 is 0.952 bits per heavy atom. The third-order valence-electron chi connectivity index (χ3n) is 3.59. The molecule has 0 atom stereocenters. The Hall–Kier alpha value is -1.50. The van der Waals surface area contributed by atoms with Crippen LogP contribution in [-0.4, -0.2) is 4.98 Å². The molecule has 109 valence electrons. The molecular weight excluding hydrogens is 434 g/mol. The predicted octanol–water partition coefficient (Wildman–Crippen LogP) is 5.00. The van der Waals surface area contributed by atoms with Gasteiger partial charge >= 0.3 is 0 Å². The number of fused-ring (bicyclic) bond motifs is 1. The Kier molecular flexibility index (Phi) is 4.61. The minimum atomic E-state index is 0. The molecule has 3 rings (SSSR count). The summed E-state index contributed by atoms with van der Waals surface area (Å²) in [5, 5.41) is 2.38. The topological polar surface area (TPSA) is 12.9 Å². The summed E-state index contributed by atoms with van der Waals surface area (Å²) in [6.45, 7) is 6.64. The molecule has 1 nitrogen and oxygen atoms in total. The maximum atomic E-state index is 4.54. The zero-order chi connectivity index (χ0) is 14.2. The molecule has 1 heterocycles. The van der Waals surface area contributed by atoms with Crippen molar-refractivity contribution in [2.75, 3.05) is 0 Å². The van der Waals surface area contributed by atoms with Gasteiger partial charge in [0.25, 0.3) is 0 Å². The van der Waals surface area contributed by atoms with Crippen LogP contribution in [0, 0.1) is 6.07 Å². The van der Waals surface area contributed by atoms with Crippen molar-refractivity contribution in [1.82, 2.24) is 4.98 Å². The molecule has 0 unspecified atom stereocenters. The minimum absolute atomic E-state index is 0. The van der Waals surface area contributed by atoms with Gasteiger partial charge in [-0.15, -0.1) is 35.4 Å². The van der Waals surface area contributed by atoms with E-state index in [2.05, 4.69) is 74.3 Å². The van der Waals surface area contributed by atoms with Crippen molar-refractivity contribution < 1.29 is 20.1 Å². The average molecular weight is 453 g/mol. The van der Waals surface area contributed by atoms with E-state index in [0.29, 0.717) is 0 Å². The fourth-order valence-corrected chi connectivity index (χ4v) is 2.28. The van der Waals surface area contributed by atoms with Crippen LogP contribution in [0.15, 0.2) is 54.7 Å². The Morgan fingerprint density at radius 3 is 2.29 bits per heavy atom. The van der Waals surface area contributed by atoms with Gasteiger partial charge in [0.2, 0.25) is 0 Å². The molecule has 2 aromatic carbocycles. The van der Waals surface area contributed by atoms with Gasteiger partial charge in [-0.25, -0.2) is 0 Å². The SMILES string of the molecule is CC(C)(C)c1c[c-]c(-c2cc3ccccc3cn2)cc1.[Ir]. The zero-order valence-electron chi connectivity index (χ0n) is 12.5. The molecule has 0 aliphatic carbocycles. The van der Waals surface area contributed by atoms with Crippen LogP contribution in [-0.2, 0) is 25.5 Å². The van der Waals surface area contributed by atoms with E-state index in [1.807, 2.05) is 12.3 Å². The van der Waals surface area contributed by atoms with Crippen molar-refractivity contribution in [2.45, 2.75) is 26.2 Å². The molecule has 3 aromatic rings. The van der Waals surface area contributed by atoms with Crippen molar-refractivity contribution in [3.05, 3.63) is 66.4 Å². The van der Waals surface area contributed by atoms with Crippen LogP contribution in [0.3, 0.4) is 0 Å². The summed E-state index contributed by atoms with van der Waals surface area (Å²) in [5.74, 6) is 0. The molecule has 21 heavy (non-hydrogen) atoms. The standard InChI is InChI=1S/C19H18N.Ir/c1-19(2,3)17-10-8-14(9-11-17)18-12-15-6-4-5-7-16(15)13-20-18;/h4-8,10-13H,1-3H3;/q-1;. The third kappa shape index (κ3) is 3.40. The van der Waals surface area contributed by atoms with Gasteiger partial charge in [-0.05, 0) is 21.9 Å². The Labute approximate surface area is 139 Å². The number of nitrogens with zero attached hydrogens (tertiary/aromatic N) is 1. The maximum absolute atomic E-state index is 4.54. The molecule has 0 bridgehead atoms. The summed E-state index contributed by atoms with van der Waals surface area (Å²) in [4.78, 5) is 4.54. The van der Waals surface area contributed by atoms with Crippen LogP contribution < -0.4 is 0 Å². The monoisotopic (exact) mass is 453 g/mol. The summed E-state index contributed by atoms with van der Waals surface area (Å²) < 4.78 is 0. The number of hydrogen-bond donors (Lipinski definition) is 0. The van der Waals surface area contributed by atoms with Crippen molar-refractivity contribution in [3.8, 4) is 11.3 Å². The van der Waals surface area contributed by atoms with Crippen molar-refractivity contribution in [3.63, 3.8) is 0 Å². The van der Waals surface area contributed by atoms with Gasteiger partial charge < -0.3 is 4.98 Å². The Morgan fingerprint density at radius 2 is 1.67 bits per heavy atom. The molecule has 1 aromatic heterocycles. The van der Waals surface area contributed by atoms with Crippen molar-refractivity contribution >= 4 is 10.8 Å². The van der Waals surface area contributed by atoms with Crippen LogP contribution in [0.4, 0.5) is 0 Å². The van der Waals surface area contributed by atoms with E-state index in [1.165, 1.54) is 16.3 Å². The van der Waals surface area contributed by atoms with E-state index in [4.69, 9.17) is 0 Å². The van der Waals surface area contributed by atoms with E-state index in [-0.39, 0.29) is 25.5 Å². The van der Waals surface area contributed by atoms with Gasteiger partial charge in [0.05, 0.1) is 0 Å². The summed E-state index contributed by atoms with van der Waals surface area (Å²) in [5.41, 5.74) is 3.47. The first-order valence-electron chi connectivity index (χ1n) is 6.91. The van der Waals surface area contributed by atoms with Gasteiger partial charge in [0, 0.05) is 26.3 Å². The van der Waals surface area contributed by atoms with E-state index in [1.54, 1.807) is 0 Å². The third-order valence-corrected chi connectivity index (χ3v) is 3.59. The zero-order valence-corrected chi connectivity index (χ0v) is 14.9. The average Bonchev–Trinajstić information content (AvgIpc) is 2.46. The van der Waals surface area contributed by atoms with Crippen LogP contribution >= 0.6 is 0 Å². The van der Waals surface area contributed by atoms with Crippen LogP contribution in [0.2, 0.25) is 0 Å². The molecular formula is C19H18IrN-. The number of aromatic nitrogens is 1. The van der Waals surface area contributed by atoms with Crippen LogP contribution in [0.5, 0.6) is 0 Å². The first-order chi connectivity index (χ1) is 9.54. The molecule has 0 fully saturated rings. The molecule has 1 radical (unpaired) electrons. The summed E-state index contributed by atoms with van der Waals surface area (Å²) >= 11 is 0. The smallest absolute Gasteiger partial charge is 0.0239 e. The number of benzene rings is 2. The van der Waals surface area contributed by atoms with Gasteiger partial charge in [-0.2, -0.15) is 0 Å². The quantitative estimate of drug-likeness (QED) is 0.474. The Bertz CT molecular complexity index is 739. The second-order valence-corrected chi connectivity index (χ2v) is 6.16. The van der Waals surface area contributed by atoms with Crippen LogP contribution in [0.1, 0.15) is 26.3 Å². The minimum Gasteiger partial charge on any atom is -0.304 e. The largest absolute Gasteiger partial charge is 0.304 e. The van der Waals surface area contributed by atoms with Gasteiger partial charge in [-0.3, -0.25) is 0 Å². The predicted molar refractivity (Wildman–Crippen MR) is 84.7 cm³/mol. The normalized spacial score (nSPS) is 11.2. The first kappa shape index (κ1) is 15.9. The second-order valence-electron chi connectivity index (χ2n) is 6.16. The summed E-state index contributed by atoms with van der Waals surface area (Å²) in [6, 6.07) is 20.1. The van der Waals surface area contributed by atoms with E-state index in [0.717, 1.165) is 11.3 Å². The van der Waals surface area contributed by atoms with E-state index < -0.39 is 0 Å². The van der Waals surface area contributed by atoms with Gasteiger partial charge in [0.15, 0.2) is 0 Å². The van der Waals surface area contributed by atoms with E-state index in [9.17, 15) is 0 Å². The first-order valence-corrected chi connectivity index (χ1v) is 6.91.